The summed E-state index contributed by atoms with van der Waals surface area (Å²) >= 11 is 0. The smallest absolute Gasteiger partial charge is 0.241 e. The summed E-state index contributed by atoms with van der Waals surface area (Å²) in [6, 6.07) is 3.25. The van der Waals surface area contributed by atoms with Gasteiger partial charge < -0.3 is 11.1 Å². The Hall–Kier alpha value is -1.42. The molecule has 0 aliphatic heterocycles. The van der Waals surface area contributed by atoms with E-state index >= 15 is 0 Å². The van der Waals surface area contributed by atoms with Gasteiger partial charge in [-0.05, 0) is 25.5 Å². The number of nitrogens with two attached hydrogens (primary N) is 1. The van der Waals surface area contributed by atoms with Crippen molar-refractivity contribution in [3.8, 4) is 0 Å². The molecule has 1 aromatic heterocycles. The van der Waals surface area contributed by atoms with Gasteiger partial charge in [-0.1, -0.05) is 19.8 Å². The Labute approximate surface area is 96.3 Å². The van der Waals surface area contributed by atoms with Crippen LogP contribution in [0.2, 0.25) is 0 Å². The standard InChI is InChI=1S/C12H19N3O/c1-3-4-5-11(13)12(16)15-10-7-6-9(2)14-8-10/h6-8,11H,3-5,13H2,1-2H3,(H,15,16). The zero-order valence-corrected chi connectivity index (χ0v) is 9.86. The summed E-state index contributed by atoms with van der Waals surface area (Å²) in [7, 11) is 0. The molecule has 3 N–H and O–H groups in total. The van der Waals surface area contributed by atoms with Crippen LogP contribution in [0.1, 0.15) is 31.9 Å². The van der Waals surface area contributed by atoms with Gasteiger partial charge in [-0.15, -0.1) is 0 Å². The molecule has 4 heteroatoms. The predicted molar refractivity (Wildman–Crippen MR) is 65.1 cm³/mol. The van der Waals surface area contributed by atoms with Gasteiger partial charge in [0.2, 0.25) is 5.91 Å². The van der Waals surface area contributed by atoms with Gasteiger partial charge in [0, 0.05) is 5.69 Å². The van der Waals surface area contributed by atoms with Crippen LogP contribution in [0, 0.1) is 6.92 Å². The summed E-state index contributed by atoms with van der Waals surface area (Å²) in [6.07, 6.45) is 4.38. The number of carbonyl (C=O) groups is 1. The molecule has 1 heterocycles. The Kier molecular flexibility index (Phi) is 4.92. The predicted octanol–water partition coefficient (Wildman–Crippen LogP) is 1.85. The Morgan fingerprint density at radius 2 is 2.31 bits per heavy atom. The first-order valence-electron chi connectivity index (χ1n) is 5.62. The van der Waals surface area contributed by atoms with E-state index in [0.717, 1.165) is 25.0 Å². The number of hydrogen-bond donors (Lipinski definition) is 2. The van der Waals surface area contributed by atoms with E-state index in [4.69, 9.17) is 5.73 Å². The SMILES string of the molecule is CCCCC(N)C(=O)Nc1ccc(C)nc1. The number of carbonyl (C=O) groups excluding carboxylic acids is 1. The summed E-state index contributed by atoms with van der Waals surface area (Å²) in [5.74, 6) is -0.140. The van der Waals surface area contributed by atoms with Crippen LogP contribution in [0.5, 0.6) is 0 Å². The number of unbranched alkanes of at least 4 members (excludes halogenated alkanes) is 1. The number of aromatic nitrogens is 1. The summed E-state index contributed by atoms with van der Waals surface area (Å²) in [5.41, 5.74) is 7.37. The maximum absolute atomic E-state index is 11.6. The van der Waals surface area contributed by atoms with Crippen LogP contribution in [0.4, 0.5) is 5.69 Å². The fourth-order valence-electron chi connectivity index (χ4n) is 1.33. The fourth-order valence-corrected chi connectivity index (χ4v) is 1.33. The first-order chi connectivity index (χ1) is 7.63. The van der Waals surface area contributed by atoms with Crippen molar-refractivity contribution in [2.45, 2.75) is 39.2 Å². The van der Waals surface area contributed by atoms with Crippen LogP contribution in [0.25, 0.3) is 0 Å². The fraction of sp³-hybridized carbons (Fsp3) is 0.500. The van der Waals surface area contributed by atoms with Gasteiger partial charge in [-0.2, -0.15) is 0 Å². The second kappa shape index (κ2) is 6.23. The summed E-state index contributed by atoms with van der Waals surface area (Å²) in [5, 5.41) is 2.75. The lowest BCUT2D eigenvalue weighted by atomic mass is 10.1. The monoisotopic (exact) mass is 221 g/mol. The molecule has 0 saturated heterocycles. The number of aryl methyl sites for hydroxylation is 1. The summed E-state index contributed by atoms with van der Waals surface area (Å²) in [6.45, 7) is 3.98. The summed E-state index contributed by atoms with van der Waals surface area (Å²) in [4.78, 5) is 15.7. The quantitative estimate of drug-likeness (QED) is 0.797. The Balaban J connectivity index is 2.47. The minimum atomic E-state index is -0.429. The first-order valence-corrected chi connectivity index (χ1v) is 5.62. The molecule has 1 atom stereocenters. The largest absolute Gasteiger partial charge is 0.323 e. The van der Waals surface area contributed by atoms with Crippen LogP contribution < -0.4 is 11.1 Å². The number of pyridine rings is 1. The van der Waals surface area contributed by atoms with Gasteiger partial charge in [-0.3, -0.25) is 9.78 Å². The van der Waals surface area contributed by atoms with Gasteiger partial charge >= 0.3 is 0 Å². The topological polar surface area (TPSA) is 68.0 Å². The molecule has 0 aliphatic rings. The van der Waals surface area contributed by atoms with E-state index in [0.29, 0.717) is 5.69 Å². The lowest BCUT2D eigenvalue weighted by Gasteiger charge is -2.11. The molecule has 0 aliphatic carbocycles. The Bertz CT molecular complexity index is 335. The zero-order valence-electron chi connectivity index (χ0n) is 9.86. The molecule has 0 radical (unpaired) electrons. The van der Waals surface area contributed by atoms with Gasteiger partial charge in [0.25, 0.3) is 0 Å². The summed E-state index contributed by atoms with van der Waals surface area (Å²) < 4.78 is 0. The zero-order chi connectivity index (χ0) is 12.0. The number of anilines is 1. The second-order valence-corrected chi connectivity index (χ2v) is 3.93. The van der Waals surface area contributed by atoms with Crippen molar-refractivity contribution >= 4 is 11.6 Å². The average molecular weight is 221 g/mol. The molecule has 0 bridgehead atoms. The molecule has 16 heavy (non-hydrogen) atoms. The third-order valence-corrected chi connectivity index (χ3v) is 2.38. The molecule has 1 unspecified atom stereocenters. The number of rotatable bonds is 5. The number of nitrogens with zero attached hydrogens (tertiary/aromatic N) is 1. The third kappa shape index (κ3) is 3.98. The second-order valence-electron chi connectivity index (χ2n) is 3.93. The molecular weight excluding hydrogens is 202 g/mol. The van der Waals surface area contributed by atoms with Gasteiger partial charge in [0.05, 0.1) is 17.9 Å². The van der Waals surface area contributed by atoms with E-state index in [2.05, 4.69) is 17.2 Å². The molecule has 1 amide bonds. The lowest BCUT2D eigenvalue weighted by molar-refractivity contribution is -0.117. The average Bonchev–Trinajstić information content (AvgIpc) is 2.29. The molecule has 1 aromatic rings. The number of amides is 1. The minimum Gasteiger partial charge on any atom is -0.323 e. The van der Waals surface area contributed by atoms with E-state index in [9.17, 15) is 4.79 Å². The van der Waals surface area contributed by atoms with Crippen LogP contribution in [-0.2, 0) is 4.79 Å². The maximum atomic E-state index is 11.6. The minimum absolute atomic E-state index is 0.140. The van der Waals surface area contributed by atoms with Crippen molar-refractivity contribution in [1.29, 1.82) is 0 Å². The molecule has 4 nitrogen and oxygen atoms in total. The van der Waals surface area contributed by atoms with Gasteiger partial charge in [0.1, 0.15) is 0 Å². The Morgan fingerprint density at radius 1 is 1.56 bits per heavy atom. The first kappa shape index (κ1) is 12.6. The molecule has 0 spiro atoms. The maximum Gasteiger partial charge on any atom is 0.241 e. The highest BCUT2D eigenvalue weighted by Gasteiger charge is 2.12. The van der Waals surface area contributed by atoms with Crippen molar-refractivity contribution in [2.24, 2.45) is 5.73 Å². The molecule has 0 fully saturated rings. The molecule has 88 valence electrons. The van der Waals surface area contributed by atoms with Gasteiger partial charge in [-0.25, -0.2) is 0 Å². The van der Waals surface area contributed by atoms with Crippen molar-refractivity contribution in [2.75, 3.05) is 5.32 Å². The van der Waals surface area contributed by atoms with Crippen molar-refractivity contribution < 1.29 is 4.79 Å². The van der Waals surface area contributed by atoms with E-state index in [1.165, 1.54) is 0 Å². The van der Waals surface area contributed by atoms with E-state index in [-0.39, 0.29) is 5.91 Å². The van der Waals surface area contributed by atoms with E-state index < -0.39 is 6.04 Å². The van der Waals surface area contributed by atoms with Crippen molar-refractivity contribution in [1.82, 2.24) is 4.98 Å². The highest BCUT2D eigenvalue weighted by molar-refractivity contribution is 5.94. The Morgan fingerprint density at radius 3 is 2.88 bits per heavy atom. The highest BCUT2D eigenvalue weighted by Crippen LogP contribution is 2.07. The normalized spacial score (nSPS) is 12.2. The third-order valence-electron chi connectivity index (χ3n) is 2.38. The van der Waals surface area contributed by atoms with E-state index in [1.807, 2.05) is 19.1 Å². The van der Waals surface area contributed by atoms with E-state index in [1.54, 1.807) is 6.20 Å². The highest BCUT2D eigenvalue weighted by atomic mass is 16.2. The molecule has 1 rings (SSSR count). The lowest BCUT2D eigenvalue weighted by Crippen LogP contribution is -2.35. The van der Waals surface area contributed by atoms with Crippen LogP contribution in [-0.4, -0.2) is 16.9 Å². The van der Waals surface area contributed by atoms with Crippen LogP contribution in [0.3, 0.4) is 0 Å². The van der Waals surface area contributed by atoms with Crippen molar-refractivity contribution in [3.05, 3.63) is 24.0 Å². The number of hydrogen-bond acceptors (Lipinski definition) is 3. The van der Waals surface area contributed by atoms with Gasteiger partial charge in [0.15, 0.2) is 0 Å². The van der Waals surface area contributed by atoms with Crippen LogP contribution in [0.15, 0.2) is 18.3 Å². The molecular formula is C12H19N3O. The number of nitrogens with one attached hydrogen (secondary N) is 1. The van der Waals surface area contributed by atoms with Crippen molar-refractivity contribution in [3.63, 3.8) is 0 Å². The van der Waals surface area contributed by atoms with Crippen LogP contribution >= 0.6 is 0 Å². The molecule has 0 saturated carbocycles. The molecule has 0 aromatic carbocycles.